The number of thiophene rings is 1. The van der Waals surface area contributed by atoms with Crippen LogP contribution in [0.2, 0.25) is 0 Å². The average molecular weight is 271 g/mol. The summed E-state index contributed by atoms with van der Waals surface area (Å²) in [4.78, 5) is 0. The van der Waals surface area contributed by atoms with E-state index in [1.165, 1.54) is 21.2 Å². The molecule has 0 unspecified atom stereocenters. The maximum Gasteiger partial charge on any atom is 0.122 e. The Morgan fingerprint density at radius 3 is 2.93 bits per heavy atom. The number of ether oxygens (including phenoxy) is 1. The van der Waals surface area contributed by atoms with Gasteiger partial charge in [0.25, 0.3) is 0 Å². The molecule has 1 aromatic heterocycles. The first kappa shape index (κ1) is 9.99. The summed E-state index contributed by atoms with van der Waals surface area (Å²) in [6, 6.07) is 4.27. The topological polar surface area (TPSA) is 9.23 Å². The number of methoxy groups -OCH3 is 1. The van der Waals surface area contributed by atoms with Gasteiger partial charge in [0.1, 0.15) is 5.75 Å². The Bertz CT molecular complexity index is 462. The highest BCUT2D eigenvalue weighted by Crippen LogP contribution is 2.34. The zero-order valence-corrected chi connectivity index (χ0v) is 10.5. The molecule has 2 aromatic rings. The summed E-state index contributed by atoms with van der Waals surface area (Å²) in [5.74, 6) is 0.977. The van der Waals surface area contributed by atoms with Gasteiger partial charge in [0.2, 0.25) is 0 Å². The minimum atomic E-state index is 0.876. The number of aryl methyl sites for hydroxylation is 1. The summed E-state index contributed by atoms with van der Waals surface area (Å²) in [6.45, 7) is 2.10. The smallest absolute Gasteiger partial charge is 0.122 e. The van der Waals surface area contributed by atoms with Gasteiger partial charge in [0.15, 0.2) is 0 Å². The Kier molecular flexibility index (Phi) is 2.79. The number of halogens is 1. The first-order valence-corrected chi connectivity index (χ1v) is 6.37. The van der Waals surface area contributed by atoms with E-state index in [4.69, 9.17) is 4.74 Å². The van der Waals surface area contributed by atoms with E-state index in [1.54, 1.807) is 18.4 Å². The van der Waals surface area contributed by atoms with Crippen molar-refractivity contribution >= 4 is 37.4 Å². The number of benzene rings is 1. The van der Waals surface area contributed by atoms with Crippen LogP contribution in [0.25, 0.3) is 10.1 Å². The fourth-order valence-corrected chi connectivity index (χ4v) is 3.23. The molecule has 0 fully saturated rings. The van der Waals surface area contributed by atoms with Crippen LogP contribution < -0.4 is 4.74 Å². The molecule has 74 valence electrons. The van der Waals surface area contributed by atoms with Gasteiger partial charge in [-0.05, 0) is 40.9 Å². The lowest BCUT2D eigenvalue weighted by Gasteiger charge is -2.08. The van der Waals surface area contributed by atoms with Crippen LogP contribution in [-0.2, 0) is 5.33 Å². The maximum absolute atomic E-state index is 5.35. The van der Waals surface area contributed by atoms with E-state index in [9.17, 15) is 0 Å². The third-order valence-electron chi connectivity index (χ3n) is 2.40. The van der Waals surface area contributed by atoms with Crippen molar-refractivity contribution < 1.29 is 4.74 Å². The minimum absolute atomic E-state index is 0.876. The molecule has 0 aliphatic rings. The second kappa shape index (κ2) is 3.91. The lowest BCUT2D eigenvalue weighted by Crippen LogP contribution is -1.90. The van der Waals surface area contributed by atoms with Crippen LogP contribution in [0, 0.1) is 6.92 Å². The van der Waals surface area contributed by atoms with Crippen molar-refractivity contribution in [1.82, 2.24) is 0 Å². The SMILES string of the molecule is COc1cc(CBr)c2sccc2c1C. The van der Waals surface area contributed by atoms with Gasteiger partial charge >= 0.3 is 0 Å². The Hall–Kier alpha value is -0.540. The predicted molar refractivity (Wildman–Crippen MR) is 65.7 cm³/mol. The molecule has 1 heterocycles. The van der Waals surface area contributed by atoms with Gasteiger partial charge in [-0.3, -0.25) is 0 Å². The number of rotatable bonds is 2. The van der Waals surface area contributed by atoms with Gasteiger partial charge < -0.3 is 4.74 Å². The van der Waals surface area contributed by atoms with Crippen LogP contribution in [0.1, 0.15) is 11.1 Å². The van der Waals surface area contributed by atoms with Crippen molar-refractivity contribution in [1.29, 1.82) is 0 Å². The van der Waals surface area contributed by atoms with Crippen LogP contribution in [0.3, 0.4) is 0 Å². The molecule has 0 atom stereocenters. The first-order valence-electron chi connectivity index (χ1n) is 4.37. The van der Waals surface area contributed by atoms with E-state index in [2.05, 4.69) is 40.4 Å². The molecule has 3 heteroatoms. The van der Waals surface area contributed by atoms with Gasteiger partial charge in [0.05, 0.1) is 7.11 Å². The molecular weight excluding hydrogens is 260 g/mol. The number of alkyl halides is 1. The molecule has 0 radical (unpaired) electrons. The van der Waals surface area contributed by atoms with Crippen LogP contribution in [-0.4, -0.2) is 7.11 Å². The largest absolute Gasteiger partial charge is 0.496 e. The molecule has 1 aromatic carbocycles. The zero-order valence-electron chi connectivity index (χ0n) is 8.13. The van der Waals surface area contributed by atoms with Crippen molar-refractivity contribution in [3.63, 3.8) is 0 Å². The molecule has 0 saturated carbocycles. The Morgan fingerprint density at radius 2 is 2.29 bits per heavy atom. The molecule has 0 N–H and O–H groups in total. The van der Waals surface area contributed by atoms with E-state index >= 15 is 0 Å². The van der Waals surface area contributed by atoms with Crippen LogP contribution in [0.5, 0.6) is 5.75 Å². The Morgan fingerprint density at radius 1 is 1.50 bits per heavy atom. The lowest BCUT2D eigenvalue weighted by molar-refractivity contribution is 0.412. The molecule has 0 amide bonds. The van der Waals surface area contributed by atoms with Crippen LogP contribution in [0.15, 0.2) is 17.5 Å². The van der Waals surface area contributed by atoms with Gasteiger partial charge in [-0.25, -0.2) is 0 Å². The van der Waals surface area contributed by atoms with Gasteiger partial charge in [-0.1, -0.05) is 15.9 Å². The van der Waals surface area contributed by atoms with Crippen molar-refractivity contribution in [3.05, 3.63) is 28.6 Å². The Labute approximate surface area is 95.8 Å². The molecule has 0 saturated heterocycles. The normalized spacial score (nSPS) is 10.8. The van der Waals surface area contributed by atoms with Crippen LogP contribution in [0.4, 0.5) is 0 Å². The van der Waals surface area contributed by atoms with Crippen molar-refractivity contribution in [2.24, 2.45) is 0 Å². The van der Waals surface area contributed by atoms with E-state index in [0.29, 0.717) is 0 Å². The van der Waals surface area contributed by atoms with Crippen molar-refractivity contribution in [2.45, 2.75) is 12.3 Å². The second-order valence-corrected chi connectivity index (χ2v) is 4.64. The highest BCUT2D eigenvalue weighted by molar-refractivity contribution is 9.08. The van der Waals surface area contributed by atoms with E-state index in [-0.39, 0.29) is 0 Å². The molecule has 14 heavy (non-hydrogen) atoms. The zero-order chi connectivity index (χ0) is 10.1. The maximum atomic E-state index is 5.35. The monoisotopic (exact) mass is 270 g/mol. The summed E-state index contributed by atoms with van der Waals surface area (Å²) >= 11 is 5.29. The van der Waals surface area contributed by atoms with Crippen molar-refractivity contribution in [2.75, 3.05) is 7.11 Å². The predicted octanol–water partition coefficient (Wildman–Crippen LogP) is 4.11. The first-order chi connectivity index (χ1) is 6.77. The quantitative estimate of drug-likeness (QED) is 0.747. The molecule has 1 nitrogen and oxygen atoms in total. The minimum Gasteiger partial charge on any atom is -0.496 e. The van der Waals surface area contributed by atoms with E-state index < -0.39 is 0 Å². The molecule has 2 rings (SSSR count). The molecule has 0 spiro atoms. The number of hydrogen-bond acceptors (Lipinski definition) is 2. The van der Waals surface area contributed by atoms with Crippen molar-refractivity contribution in [3.8, 4) is 5.75 Å². The van der Waals surface area contributed by atoms with E-state index in [0.717, 1.165) is 11.1 Å². The second-order valence-electron chi connectivity index (χ2n) is 3.16. The molecule has 0 bridgehead atoms. The standard InChI is InChI=1S/C11H11BrOS/c1-7-9-3-4-14-11(9)8(6-12)5-10(7)13-2/h3-5H,6H2,1-2H3. The third-order valence-corrected chi connectivity index (χ3v) is 3.99. The third kappa shape index (κ3) is 1.44. The molecule has 0 aliphatic carbocycles. The lowest BCUT2D eigenvalue weighted by atomic mass is 10.1. The highest BCUT2D eigenvalue weighted by atomic mass is 79.9. The summed E-state index contributed by atoms with van der Waals surface area (Å²) in [5.41, 5.74) is 2.53. The van der Waals surface area contributed by atoms with Gasteiger partial charge in [0, 0.05) is 10.0 Å². The summed E-state index contributed by atoms with van der Waals surface area (Å²) in [6.07, 6.45) is 0. The van der Waals surface area contributed by atoms with Gasteiger partial charge in [-0.15, -0.1) is 11.3 Å². The Balaban J connectivity index is 2.80. The van der Waals surface area contributed by atoms with E-state index in [1.807, 2.05) is 0 Å². The summed E-state index contributed by atoms with van der Waals surface area (Å²) in [7, 11) is 1.72. The fraction of sp³-hybridized carbons (Fsp3) is 0.273. The number of hydrogen-bond donors (Lipinski definition) is 0. The highest BCUT2D eigenvalue weighted by Gasteiger charge is 2.09. The average Bonchev–Trinajstić information content (AvgIpc) is 2.68. The van der Waals surface area contributed by atoms with Gasteiger partial charge in [-0.2, -0.15) is 0 Å². The van der Waals surface area contributed by atoms with Crippen LogP contribution >= 0.6 is 27.3 Å². The number of fused-ring (bicyclic) bond motifs is 1. The summed E-state index contributed by atoms with van der Waals surface area (Å²) in [5, 5.41) is 4.31. The molecular formula is C11H11BrOS. The molecule has 0 aliphatic heterocycles. The fourth-order valence-electron chi connectivity index (χ4n) is 1.63. The summed E-state index contributed by atoms with van der Waals surface area (Å²) < 4.78 is 6.71.